The van der Waals surface area contributed by atoms with Gasteiger partial charge in [0.2, 0.25) is 0 Å². The van der Waals surface area contributed by atoms with Crippen molar-refractivity contribution >= 4 is 34.5 Å². The number of para-hydroxylation sites is 1. The summed E-state index contributed by atoms with van der Waals surface area (Å²) in [7, 11) is 4.46. The smallest absolute Gasteiger partial charge is 0.346 e. The van der Waals surface area contributed by atoms with Gasteiger partial charge in [-0.15, -0.1) is 0 Å². The lowest BCUT2D eigenvalue weighted by Gasteiger charge is -2.15. The van der Waals surface area contributed by atoms with E-state index in [2.05, 4.69) is 0 Å². The van der Waals surface area contributed by atoms with E-state index in [9.17, 15) is 9.59 Å². The number of methoxy groups -OCH3 is 3. The Bertz CT molecular complexity index is 1260. The van der Waals surface area contributed by atoms with Crippen LogP contribution in [0.15, 0.2) is 42.5 Å². The van der Waals surface area contributed by atoms with Gasteiger partial charge in [0.25, 0.3) is 0 Å². The van der Waals surface area contributed by atoms with Crippen molar-refractivity contribution in [3.63, 3.8) is 0 Å². The SMILES string of the molecule is COC(=O)C(C)OC(=O)c1c2c(nc3ccccc13)/C(=C/c1ccc(OC)c(OC)c1)CC2. The number of carbonyl (C=O) groups is 2. The molecule has 7 nitrogen and oxygen atoms in total. The van der Waals surface area contributed by atoms with Crippen LogP contribution in [0.25, 0.3) is 22.6 Å². The highest BCUT2D eigenvalue weighted by Crippen LogP contribution is 2.38. The quantitative estimate of drug-likeness (QED) is 0.516. The third kappa shape index (κ3) is 4.26. The Labute approximate surface area is 191 Å². The molecular weight excluding hydrogens is 422 g/mol. The molecule has 0 saturated heterocycles. The molecule has 0 bridgehead atoms. The number of pyridine rings is 1. The minimum atomic E-state index is -1.01. The molecule has 3 aromatic rings. The van der Waals surface area contributed by atoms with Gasteiger partial charge < -0.3 is 18.9 Å². The molecule has 33 heavy (non-hydrogen) atoms. The number of esters is 2. The minimum absolute atomic E-state index is 0.446. The van der Waals surface area contributed by atoms with Crippen LogP contribution >= 0.6 is 0 Å². The fourth-order valence-electron chi connectivity index (χ4n) is 4.09. The van der Waals surface area contributed by atoms with Crippen LogP contribution < -0.4 is 9.47 Å². The first-order valence-corrected chi connectivity index (χ1v) is 10.6. The Kier molecular flexibility index (Phi) is 6.31. The third-order valence-corrected chi connectivity index (χ3v) is 5.71. The Morgan fingerprint density at radius 2 is 1.76 bits per heavy atom. The van der Waals surface area contributed by atoms with Gasteiger partial charge in [-0.3, -0.25) is 0 Å². The molecule has 1 unspecified atom stereocenters. The fourth-order valence-corrected chi connectivity index (χ4v) is 4.09. The Morgan fingerprint density at radius 3 is 2.48 bits per heavy atom. The van der Waals surface area contributed by atoms with Crippen LogP contribution in [0.2, 0.25) is 0 Å². The monoisotopic (exact) mass is 447 g/mol. The summed E-state index contributed by atoms with van der Waals surface area (Å²) in [5.74, 6) is 0.125. The van der Waals surface area contributed by atoms with Crippen LogP contribution in [0, 0.1) is 0 Å². The highest BCUT2D eigenvalue weighted by molar-refractivity contribution is 6.07. The van der Waals surface area contributed by atoms with Crippen LogP contribution in [0.4, 0.5) is 0 Å². The molecule has 0 spiro atoms. The van der Waals surface area contributed by atoms with Crippen molar-refractivity contribution in [1.82, 2.24) is 4.98 Å². The van der Waals surface area contributed by atoms with Crippen LogP contribution in [0.5, 0.6) is 11.5 Å². The standard InChI is InChI=1S/C26H25NO6/c1-15(25(28)32-4)33-26(29)23-18-7-5-6-8-20(18)27-24-17(10-11-19(23)24)13-16-9-12-21(30-2)22(14-16)31-3/h5-9,12-15H,10-11H2,1-4H3/b17-13+. The van der Waals surface area contributed by atoms with E-state index in [0.29, 0.717) is 34.4 Å². The molecule has 0 aliphatic heterocycles. The zero-order valence-electron chi connectivity index (χ0n) is 19.0. The van der Waals surface area contributed by atoms with E-state index in [1.165, 1.54) is 14.0 Å². The molecule has 1 aliphatic carbocycles. The molecule has 0 saturated carbocycles. The maximum absolute atomic E-state index is 13.2. The Balaban J connectivity index is 1.80. The van der Waals surface area contributed by atoms with Crippen molar-refractivity contribution in [2.75, 3.05) is 21.3 Å². The van der Waals surface area contributed by atoms with E-state index in [0.717, 1.165) is 28.8 Å². The number of carbonyl (C=O) groups excluding carboxylic acids is 2. The van der Waals surface area contributed by atoms with Gasteiger partial charge in [0.1, 0.15) is 0 Å². The molecule has 4 rings (SSSR count). The summed E-state index contributed by atoms with van der Waals surface area (Å²) >= 11 is 0. The van der Waals surface area contributed by atoms with E-state index >= 15 is 0 Å². The first-order chi connectivity index (χ1) is 16.0. The normalized spacial score (nSPS) is 14.6. The van der Waals surface area contributed by atoms with Crippen LogP contribution in [-0.4, -0.2) is 44.4 Å². The maximum atomic E-state index is 13.2. The number of rotatable bonds is 6. The highest BCUT2D eigenvalue weighted by Gasteiger charge is 2.29. The predicted molar refractivity (Wildman–Crippen MR) is 124 cm³/mol. The average molecular weight is 447 g/mol. The van der Waals surface area contributed by atoms with Gasteiger partial charge in [-0.2, -0.15) is 0 Å². The summed E-state index contributed by atoms with van der Waals surface area (Å²) in [4.78, 5) is 29.8. The number of ether oxygens (including phenoxy) is 4. The van der Waals surface area contributed by atoms with Crippen LogP contribution in [-0.2, 0) is 20.7 Å². The Hall–Kier alpha value is -3.87. The van der Waals surface area contributed by atoms with Gasteiger partial charge in [0.15, 0.2) is 17.6 Å². The van der Waals surface area contributed by atoms with E-state index in [1.807, 2.05) is 48.5 Å². The maximum Gasteiger partial charge on any atom is 0.346 e. The number of benzene rings is 2. The van der Waals surface area contributed by atoms with Gasteiger partial charge in [-0.05, 0) is 60.7 Å². The lowest BCUT2D eigenvalue weighted by atomic mass is 10.0. The number of aromatic nitrogens is 1. The number of nitrogens with zero attached hydrogens (tertiary/aromatic N) is 1. The predicted octanol–water partition coefficient (Wildman–Crippen LogP) is 4.46. The first kappa shape index (κ1) is 22.3. The minimum Gasteiger partial charge on any atom is -0.493 e. The number of fused-ring (bicyclic) bond motifs is 2. The summed E-state index contributed by atoms with van der Waals surface area (Å²) in [6, 6.07) is 13.1. The van der Waals surface area contributed by atoms with Crippen molar-refractivity contribution in [3.8, 4) is 11.5 Å². The second-order valence-electron chi connectivity index (χ2n) is 7.69. The van der Waals surface area contributed by atoms with Crippen LogP contribution in [0.3, 0.4) is 0 Å². The van der Waals surface area contributed by atoms with Gasteiger partial charge in [-0.1, -0.05) is 24.3 Å². The summed E-state index contributed by atoms with van der Waals surface area (Å²) in [6.07, 6.45) is 2.40. The molecule has 1 aromatic heterocycles. The summed E-state index contributed by atoms with van der Waals surface area (Å²) in [5, 5.41) is 0.700. The third-order valence-electron chi connectivity index (χ3n) is 5.71. The van der Waals surface area contributed by atoms with Crippen molar-refractivity contribution < 1.29 is 28.5 Å². The summed E-state index contributed by atoms with van der Waals surface area (Å²) in [5.41, 5.74) is 4.67. The molecule has 7 heteroatoms. The molecule has 0 N–H and O–H groups in total. The molecule has 1 heterocycles. The summed E-state index contributed by atoms with van der Waals surface area (Å²) in [6.45, 7) is 1.50. The van der Waals surface area contributed by atoms with Crippen molar-refractivity contribution in [2.24, 2.45) is 0 Å². The molecular formula is C26H25NO6. The zero-order valence-corrected chi connectivity index (χ0v) is 19.0. The Morgan fingerprint density at radius 1 is 1.00 bits per heavy atom. The molecule has 1 atom stereocenters. The van der Waals surface area contributed by atoms with E-state index < -0.39 is 18.0 Å². The molecule has 1 aliphatic rings. The number of allylic oxidation sites excluding steroid dienone is 1. The van der Waals surface area contributed by atoms with Gasteiger partial charge >= 0.3 is 11.9 Å². The highest BCUT2D eigenvalue weighted by atomic mass is 16.6. The van der Waals surface area contributed by atoms with E-state index in [1.54, 1.807) is 14.2 Å². The van der Waals surface area contributed by atoms with E-state index in [-0.39, 0.29) is 0 Å². The molecule has 0 radical (unpaired) electrons. The lowest BCUT2D eigenvalue weighted by molar-refractivity contribution is -0.149. The lowest BCUT2D eigenvalue weighted by Crippen LogP contribution is -2.26. The van der Waals surface area contributed by atoms with Crippen LogP contribution in [0.1, 0.15) is 40.5 Å². The van der Waals surface area contributed by atoms with Crippen molar-refractivity contribution in [1.29, 1.82) is 0 Å². The number of hydrogen-bond acceptors (Lipinski definition) is 7. The van der Waals surface area contributed by atoms with E-state index in [4.69, 9.17) is 23.9 Å². The second-order valence-corrected chi connectivity index (χ2v) is 7.69. The molecule has 2 aromatic carbocycles. The molecule has 0 amide bonds. The topological polar surface area (TPSA) is 84.0 Å². The van der Waals surface area contributed by atoms with Crippen molar-refractivity contribution in [2.45, 2.75) is 25.9 Å². The second kappa shape index (κ2) is 9.32. The zero-order chi connectivity index (χ0) is 23.5. The molecule has 0 fully saturated rings. The average Bonchev–Trinajstić information content (AvgIpc) is 3.23. The van der Waals surface area contributed by atoms with Gasteiger partial charge in [-0.25, -0.2) is 14.6 Å². The van der Waals surface area contributed by atoms with Gasteiger partial charge in [0.05, 0.1) is 38.1 Å². The summed E-state index contributed by atoms with van der Waals surface area (Å²) < 4.78 is 20.9. The number of hydrogen-bond donors (Lipinski definition) is 0. The molecule has 170 valence electrons. The van der Waals surface area contributed by atoms with Gasteiger partial charge in [0, 0.05) is 5.39 Å². The first-order valence-electron chi connectivity index (χ1n) is 10.6. The van der Waals surface area contributed by atoms with Crippen molar-refractivity contribution in [3.05, 3.63) is 64.8 Å². The fraction of sp³-hybridized carbons (Fsp3) is 0.269. The largest absolute Gasteiger partial charge is 0.493 e.